The lowest BCUT2D eigenvalue weighted by atomic mass is 9.95. The summed E-state index contributed by atoms with van der Waals surface area (Å²) in [4.78, 5) is 11.7. The zero-order valence-electron chi connectivity index (χ0n) is 18.4. The van der Waals surface area contributed by atoms with Gasteiger partial charge in [-0.3, -0.25) is 4.79 Å². The molecule has 0 aliphatic heterocycles. The van der Waals surface area contributed by atoms with Crippen molar-refractivity contribution in [2.24, 2.45) is 5.16 Å². The number of halogens is 1. The largest absolute Gasteiger partial charge is 0.495 e. The lowest BCUT2D eigenvalue weighted by Crippen LogP contribution is -2.23. The first-order chi connectivity index (χ1) is 15.4. The molecule has 0 saturated carbocycles. The van der Waals surface area contributed by atoms with Crippen molar-refractivity contribution in [1.29, 1.82) is 0 Å². The van der Waals surface area contributed by atoms with E-state index in [0.717, 1.165) is 11.1 Å². The highest BCUT2D eigenvalue weighted by Gasteiger charge is 2.36. The van der Waals surface area contributed by atoms with Crippen molar-refractivity contribution in [3.05, 3.63) is 46.5 Å². The molecule has 1 N–H and O–H groups in total. The van der Waals surface area contributed by atoms with Gasteiger partial charge in [0.25, 0.3) is 0 Å². The second-order valence-electron chi connectivity index (χ2n) is 6.90. The van der Waals surface area contributed by atoms with Crippen LogP contribution in [0.15, 0.2) is 35.5 Å². The van der Waals surface area contributed by atoms with E-state index in [9.17, 15) is 10.0 Å². The van der Waals surface area contributed by atoms with Gasteiger partial charge in [-0.25, -0.2) is 0 Å². The third-order valence-corrected chi connectivity index (χ3v) is 5.42. The number of methoxy groups -OCH3 is 4. The smallest absolute Gasteiger partial charge is 0.303 e. The van der Waals surface area contributed by atoms with Crippen molar-refractivity contribution in [2.75, 3.05) is 28.4 Å². The van der Waals surface area contributed by atoms with E-state index in [1.807, 2.05) is 6.07 Å². The SMILES string of the molecule is COc1ccc(C2=C(c3cc(OC)c(OC)c(OC)c3)/C(=N\O)C(OC(C)=O)C2)cc1Cl. The van der Waals surface area contributed by atoms with Crippen LogP contribution in [0.5, 0.6) is 23.0 Å². The molecule has 0 saturated heterocycles. The van der Waals surface area contributed by atoms with Crippen LogP contribution in [0.3, 0.4) is 0 Å². The van der Waals surface area contributed by atoms with E-state index < -0.39 is 12.1 Å². The fraction of sp³-hybridized carbons (Fsp3) is 0.304. The quantitative estimate of drug-likeness (QED) is 0.369. The summed E-state index contributed by atoms with van der Waals surface area (Å²) in [6.07, 6.45) is -0.490. The number of esters is 1. The highest BCUT2D eigenvalue weighted by molar-refractivity contribution is 6.36. The molecular weight excluding hydrogens is 438 g/mol. The normalized spacial score (nSPS) is 16.8. The summed E-state index contributed by atoms with van der Waals surface area (Å²) in [5, 5.41) is 13.8. The molecule has 170 valence electrons. The molecule has 3 rings (SSSR count). The molecule has 0 radical (unpaired) electrons. The topological polar surface area (TPSA) is 95.8 Å². The Hall–Kier alpha value is -3.39. The van der Waals surface area contributed by atoms with Crippen LogP contribution in [-0.2, 0) is 9.53 Å². The summed E-state index contributed by atoms with van der Waals surface area (Å²) in [6.45, 7) is 1.30. The first-order valence-electron chi connectivity index (χ1n) is 9.65. The summed E-state index contributed by atoms with van der Waals surface area (Å²) < 4.78 is 27.0. The van der Waals surface area contributed by atoms with Crippen molar-refractivity contribution in [1.82, 2.24) is 0 Å². The zero-order valence-corrected chi connectivity index (χ0v) is 19.1. The van der Waals surface area contributed by atoms with Gasteiger partial charge in [-0.2, -0.15) is 0 Å². The third kappa shape index (κ3) is 4.31. The maximum Gasteiger partial charge on any atom is 0.303 e. The number of carbonyl (C=O) groups is 1. The molecule has 1 aliphatic carbocycles. The predicted molar refractivity (Wildman–Crippen MR) is 120 cm³/mol. The molecule has 9 heteroatoms. The Morgan fingerprint density at radius 3 is 2.06 bits per heavy atom. The average Bonchev–Trinajstić information content (AvgIpc) is 3.15. The highest BCUT2D eigenvalue weighted by Crippen LogP contribution is 2.46. The fourth-order valence-corrected chi connectivity index (χ4v) is 4.03. The number of hydrogen-bond acceptors (Lipinski definition) is 8. The van der Waals surface area contributed by atoms with E-state index >= 15 is 0 Å². The minimum atomic E-state index is -0.775. The predicted octanol–water partition coefficient (Wildman–Crippen LogP) is 4.45. The number of carbonyl (C=O) groups excluding carboxylic acids is 1. The Kier molecular flexibility index (Phi) is 7.15. The standard InChI is InChI=1S/C23H24ClNO7/c1-12(26)32-18-11-15(13-6-7-17(28-2)16(24)8-13)21(22(18)25-27)14-9-19(29-3)23(31-5)20(10-14)30-4/h6-10,18,27H,11H2,1-5H3/b25-22-. The van der Waals surface area contributed by atoms with Gasteiger partial charge >= 0.3 is 5.97 Å². The second-order valence-corrected chi connectivity index (χ2v) is 7.31. The monoisotopic (exact) mass is 461 g/mol. The van der Waals surface area contributed by atoms with Gasteiger partial charge in [0.2, 0.25) is 5.75 Å². The Balaban J connectivity index is 2.28. The van der Waals surface area contributed by atoms with E-state index in [1.165, 1.54) is 35.4 Å². The molecule has 2 aromatic rings. The summed E-state index contributed by atoms with van der Waals surface area (Å²) in [5.41, 5.74) is 2.93. The summed E-state index contributed by atoms with van der Waals surface area (Å²) in [6, 6.07) is 8.81. The number of benzene rings is 2. The van der Waals surface area contributed by atoms with Crippen molar-refractivity contribution >= 4 is 34.4 Å². The van der Waals surface area contributed by atoms with Crippen LogP contribution in [-0.4, -0.2) is 51.4 Å². The molecule has 0 spiro atoms. The van der Waals surface area contributed by atoms with Crippen LogP contribution in [0.25, 0.3) is 11.1 Å². The van der Waals surface area contributed by atoms with E-state index in [-0.39, 0.29) is 12.1 Å². The van der Waals surface area contributed by atoms with Crippen molar-refractivity contribution in [3.63, 3.8) is 0 Å². The average molecular weight is 462 g/mol. The van der Waals surface area contributed by atoms with Gasteiger partial charge in [0.05, 0.1) is 33.5 Å². The highest BCUT2D eigenvalue weighted by atomic mass is 35.5. The Morgan fingerprint density at radius 2 is 1.59 bits per heavy atom. The molecule has 0 amide bonds. The summed E-state index contributed by atoms with van der Waals surface area (Å²) in [7, 11) is 6.06. The molecule has 1 aliphatic rings. The van der Waals surface area contributed by atoms with Gasteiger partial charge in [-0.05, 0) is 41.0 Å². The Morgan fingerprint density at radius 1 is 0.969 bits per heavy atom. The van der Waals surface area contributed by atoms with Gasteiger partial charge in [0, 0.05) is 18.9 Å². The zero-order chi connectivity index (χ0) is 23.4. The number of hydrogen-bond donors (Lipinski definition) is 1. The number of ether oxygens (including phenoxy) is 5. The lowest BCUT2D eigenvalue weighted by Gasteiger charge is -2.16. The van der Waals surface area contributed by atoms with Crippen LogP contribution in [0.1, 0.15) is 24.5 Å². The van der Waals surface area contributed by atoms with Gasteiger partial charge < -0.3 is 28.9 Å². The Labute approximate surface area is 190 Å². The number of nitrogens with zero attached hydrogens (tertiary/aromatic N) is 1. The molecule has 8 nitrogen and oxygen atoms in total. The van der Waals surface area contributed by atoms with Crippen LogP contribution in [0.2, 0.25) is 5.02 Å². The molecule has 1 atom stereocenters. The van der Waals surface area contributed by atoms with Crippen LogP contribution in [0.4, 0.5) is 0 Å². The summed E-state index contributed by atoms with van der Waals surface area (Å²) >= 11 is 6.36. The first-order valence-corrected chi connectivity index (χ1v) is 10.0. The number of oxime groups is 1. The van der Waals surface area contributed by atoms with E-state index in [4.69, 9.17) is 35.3 Å². The Bertz CT molecular complexity index is 1070. The molecule has 2 aromatic carbocycles. The van der Waals surface area contributed by atoms with Crippen molar-refractivity contribution < 1.29 is 33.7 Å². The number of rotatable bonds is 7. The molecule has 1 unspecified atom stereocenters. The van der Waals surface area contributed by atoms with Gasteiger partial charge in [0.15, 0.2) is 17.6 Å². The lowest BCUT2D eigenvalue weighted by molar-refractivity contribution is -0.143. The maximum atomic E-state index is 11.7. The molecule has 32 heavy (non-hydrogen) atoms. The van der Waals surface area contributed by atoms with Crippen LogP contribution >= 0.6 is 11.6 Å². The molecule has 0 aromatic heterocycles. The second kappa shape index (κ2) is 9.82. The molecule has 0 fully saturated rings. The molecular formula is C23H24ClNO7. The first kappa shape index (κ1) is 23.3. The van der Waals surface area contributed by atoms with E-state index in [0.29, 0.717) is 39.2 Å². The van der Waals surface area contributed by atoms with Crippen LogP contribution < -0.4 is 18.9 Å². The van der Waals surface area contributed by atoms with Gasteiger partial charge in [-0.1, -0.05) is 22.8 Å². The van der Waals surface area contributed by atoms with Gasteiger partial charge in [-0.15, -0.1) is 0 Å². The van der Waals surface area contributed by atoms with E-state index in [1.54, 1.807) is 24.3 Å². The molecule has 0 bridgehead atoms. The maximum absolute atomic E-state index is 11.7. The van der Waals surface area contributed by atoms with Crippen LogP contribution in [0, 0.1) is 0 Å². The fourth-order valence-electron chi connectivity index (χ4n) is 3.78. The minimum Gasteiger partial charge on any atom is -0.495 e. The summed E-state index contributed by atoms with van der Waals surface area (Å²) in [5.74, 6) is 1.31. The van der Waals surface area contributed by atoms with Crippen molar-refractivity contribution in [2.45, 2.75) is 19.4 Å². The van der Waals surface area contributed by atoms with Gasteiger partial charge in [0.1, 0.15) is 11.5 Å². The van der Waals surface area contributed by atoms with E-state index in [2.05, 4.69) is 5.16 Å². The minimum absolute atomic E-state index is 0.205. The molecule has 0 heterocycles. The third-order valence-electron chi connectivity index (χ3n) is 5.12. The van der Waals surface area contributed by atoms with Crippen molar-refractivity contribution in [3.8, 4) is 23.0 Å².